The van der Waals surface area contributed by atoms with Gasteiger partial charge in [0, 0.05) is 39.9 Å². The van der Waals surface area contributed by atoms with Gasteiger partial charge in [0.2, 0.25) is 0 Å². The minimum atomic E-state index is 0.00650. The van der Waals surface area contributed by atoms with Crippen LogP contribution in [0.4, 0.5) is 4.79 Å². The Hall–Kier alpha value is -0.810. The average Bonchev–Trinajstić information content (AvgIpc) is 2.45. The summed E-state index contributed by atoms with van der Waals surface area (Å²) in [7, 11) is 3.51. The molecule has 0 aromatic carbocycles. The van der Waals surface area contributed by atoms with Gasteiger partial charge in [0.1, 0.15) is 0 Å². The summed E-state index contributed by atoms with van der Waals surface area (Å²) in [6, 6.07) is 0.420. The van der Waals surface area contributed by atoms with Crippen molar-refractivity contribution in [3.8, 4) is 0 Å². The molecule has 21 heavy (non-hydrogen) atoms. The van der Waals surface area contributed by atoms with Crippen LogP contribution in [0.25, 0.3) is 0 Å². The molecule has 0 aromatic heterocycles. The normalized spacial score (nSPS) is 12.8. The van der Waals surface area contributed by atoms with Gasteiger partial charge in [0.15, 0.2) is 0 Å². The van der Waals surface area contributed by atoms with Crippen LogP contribution in [-0.2, 0) is 4.74 Å². The Morgan fingerprint density at radius 1 is 1.24 bits per heavy atom. The van der Waals surface area contributed by atoms with Crippen LogP contribution in [0.5, 0.6) is 0 Å². The molecule has 0 heterocycles. The van der Waals surface area contributed by atoms with E-state index in [9.17, 15) is 4.79 Å². The van der Waals surface area contributed by atoms with Crippen molar-refractivity contribution in [2.45, 2.75) is 46.6 Å². The number of amides is 2. The first-order valence-corrected chi connectivity index (χ1v) is 8.18. The molecule has 0 fully saturated rings. The summed E-state index contributed by atoms with van der Waals surface area (Å²) < 4.78 is 5.01. The SMILES string of the molecule is CCN(CC)[C@H](CNC(=O)N(C)CCCOC)CC(C)C. The van der Waals surface area contributed by atoms with Gasteiger partial charge in [-0.15, -0.1) is 0 Å². The fourth-order valence-electron chi connectivity index (χ4n) is 2.53. The summed E-state index contributed by atoms with van der Waals surface area (Å²) >= 11 is 0. The fraction of sp³-hybridized carbons (Fsp3) is 0.938. The Morgan fingerprint density at radius 3 is 2.33 bits per heavy atom. The first-order valence-electron chi connectivity index (χ1n) is 8.18. The summed E-state index contributed by atoms with van der Waals surface area (Å²) in [5.41, 5.74) is 0. The highest BCUT2D eigenvalue weighted by Gasteiger charge is 2.18. The summed E-state index contributed by atoms with van der Waals surface area (Å²) in [6.07, 6.45) is 1.97. The van der Waals surface area contributed by atoms with Crippen molar-refractivity contribution in [2.24, 2.45) is 5.92 Å². The zero-order valence-corrected chi connectivity index (χ0v) is 14.8. The van der Waals surface area contributed by atoms with Crippen molar-refractivity contribution < 1.29 is 9.53 Å². The van der Waals surface area contributed by atoms with Crippen molar-refractivity contribution in [1.29, 1.82) is 0 Å². The van der Waals surface area contributed by atoms with Gasteiger partial charge in [-0.05, 0) is 31.8 Å². The lowest BCUT2D eigenvalue weighted by atomic mass is 10.0. The molecule has 0 rings (SSSR count). The number of rotatable bonds is 11. The zero-order valence-electron chi connectivity index (χ0n) is 14.8. The van der Waals surface area contributed by atoms with Crippen LogP contribution in [0.15, 0.2) is 0 Å². The predicted octanol–water partition coefficient (Wildman–Crippen LogP) is 2.42. The van der Waals surface area contributed by atoms with E-state index in [1.807, 2.05) is 7.05 Å². The molecular weight excluding hydrogens is 266 g/mol. The largest absolute Gasteiger partial charge is 0.385 e. The molecule has 0 aromatic rings. The molecule has 0 spiro atoms. The molecular formula is C16H35N3O2. The van der Waals surface area contributed by atoms with Crippen molar-refractivity contribution in [3.63, 3.8) is 0 Å². The number of nitrogens with zero attached hydrogens (tertiary/aromatic N) is 2. The Labute approximate surface area is 131 Å². The summed E-state index contributed by atoms with van der Waals surface area (Å²) in [4.78, 5) is 16.2. The molecule has 0 saturated heterocycles. The minimum Gasteiger partial charge on any atom is -0.385 e. The lowest BCUT2D eigenvalue weighted by molar-refractivity contribution is 0.166. The maximum absolute atomic E-state index is 12.1. The molecule has 5 heteroatoms. The second kappa shape index (κ2) is 11.8. The van der Waals surface area contributed by atoms with Gasteiger partial charge in [0.05, 0.1) is 0 Å². The molecule has 1 atom stereocenters. The second-order valence-electron chi connectivity index (χ2n) is 5.96. The van der Waals surface area contributed by atoms with Gasteiger partial charge >= 0.3 is 6.03 Å². The quantitative estimate of drug-likeness (QED) is 0.596. The van der Waals surface area contributed by atoms with Gasteiger partial charge in [-0.2, -0.15) is 0 Å². The van der Waals surface area contributed by atoms with Crippen LogP contribution in [-0.4, -0.2) is 68.8 Å². The number of urea groups is 1. The zero-order chi connectivity index (χ0) is 16.3. The standard InChI is InChI=1S/C16H35N3O2/c1-7-19(8-2)15(12-14(3)4)13-17-16(20)18(5)10-9-11-21-6/h14-15H,7-13H2,1-6H3,(H,17,20)/t15-/m0/s1. The van der Waals surface area contributed by atoms with E-state index in [1.165, 1.54) is 0 Å². The van der Waals surface area contributed by atoms with Crippen molar-refractivity contribution >= 4 is 6.03 Å². The maximum atomic E-state index is 12.1. The lowest BCUT2D eigenvalue weighted by Gasteiger charge is -2.31. The van der Waals surface area contributed by atoms with Crippen LogP contribution in [0.1, 0.15) is 40.5 Å². The number of nitrogens with one attached hydrogen (secondary N) is 1. The fourth-order valence-corrected chi connectivity index (χ4v) is 2.53. The van der Waals surface area contributed by atoms with Crippen LogP contribution in [0, 0.1) is 5.92 Å². The van der Waals surface area contributed by atoms with Gasteiger partial charge in [0.25, 0.3) is 0 Å². The lowest BCUT2D eigenvalue weighted by Crippen LogP contribution is -2.47. The summed E-state index contributed by atoms with van der Waals surface area (Å²) in [6.45, 7) is 13.0. The molecule has 0 aliphatic rings. The Balaban J connectivity index is 4.29. The Morgan fingerprint density at radius 2 is 1.86 bits per heavy atom. The van der Waals surface area contributed by atoms with Gasteiger partial charge < -0.3 is 15.0 Å². The minimum absolute atomic E-state index is 0.00650. The first kappa shape index (κ1) is 20.2. The third kappa shape index (κ3) is 8.94. The molecule has 2 amide bonds. The van der Waals surface area contributed by atoms with E-state index in [4.69, 9.17) is 4.74 Å². The molecule has 5 nitrogen and oxygen atoms in total. The highest BCUT2D eigenvalue weighted by molar-refractivity contribution is 5.73. The summed E-state index contributed by atoms with van der Waals surface area (Å²) in [5, 5.41) is 3.07. The van der Waals surface area contributed by atoms with E-state index in [-0.39, 0.29) is 6.03 Å². The van der Waals surface area contributed by atoms with Gasteiger partial charge in [-0.1, -0.05) is 27.7 Å². The van der Waals surface area contributed by atoms with Gasteiger partial charge in [-0.3, -0.25) is 4.90 Å². The van der Waals surface area contributed by atoms with Crippen molar-refractivity contribution in [1.82, 2.24) is 15.1 Å². The van der Waals surface area contributed by atoms with E-state index < -0.39 is 0 Å². The van der Waals surface area contributed by atoms with Crippen LogP contribution in [0.2, 0.25) is 0 Å². The van der Waals surface area contributed by atoms with E-state index in [2.05, 4.69) is 37.9 Å². The first-order chi connectivity index (χ1) is 9.96. The molecule has 126 valence electrons. The third-order valence-electron chi connectivity index (χ3n) is 3.75. The third-order valence-corrected chi connectivity index (χ3v) is 3.75. The molecule has 0 aliphatic heterocycles. The van der Waals surface area contributed by atoms with Crippen molar-refractivity contribution in [3.05, 3.63) is 0 Å². The monoisotopic (exact) mass is 301 g/mol. The number of hydrogen-bond donors (Lipinski definition) is 1. The number of likely N-dealkylation sites (N-methyl/N-ethyl adjacent to an activating group) is 1. The van der Waals surface area contributed by atoms with Gasteiger partial charge in [-0.25, -0.2) is 4.79 Å². The molecule has 1 N–H and O–H groups in total. The maximum Gasteiger partial charge on any atom is 0.317 e. The van der Waals surface area contributed by atoms with Crippen LogP contribution in [0.3, 0.4) is 0 Å². The number of hydrogen-bond acceptors (Lipinski definition) is 3. The Bertz CT molecular complexity index is 268. The van der Waals surface area contributed by atoms with E-state index in [0.29, 0.717) is 25.1 Å². The van der Waals surface area contributed by atoms with E-state index in [0.717, 1.165) is 32.5 Å². The number of methoxy groups -OCH3 is 1. The second-order valence-corrected chi connectivity index (χ2v) is 5.96. The molecule has 0 aliphatic carbocycles. The van der Waals surface area contributed by atoms with Crippen molar-refractivity contribution in [2.75, 3.05) is 46.9 Å². The van der Waals surface area contributed by atoms with E-state index >= 15 is 0 Å². The number of carbonyl (C=O) groups excluding carboxylic acids is 1. The molecule has 0 bridgehead atoms. The molecule has 0 radical (unpaired) electrons. The van der Waals surface area contributed by atoms with Crippen LogP contribution >= 0.6 is 0 Å². The topological polar surface area (TPSA) is 44.8 Å². The summed E-state index contributed by atoms with van der Waals surface area (Å²) in [5.74, 6) is 0.631. The molecule has 0 unspecified atom stereocenters. The molecule has 0 saturated carbocycles. The highest BCUT2D eigenvalue weighted by atomic mass is 16.5. The average molecular weight is 301 g/mol. The highest BCUT2D eigenvalue weighted by Crippen LogP contribution is 2.11. The number of ether oxygens (including phenoxy) is 1. The van der Waals surface area contributed by atoms with E-state index in [1.54, 1.807) is 12.0 Å². The number of carbonyl (C=O) groups is 1. The predicted molar refractivity (Wildman–Crippen MR) is 88.7 cm³/mol. The smallest absolute Gasteiger partial charge is 0.317 e. The van der Waals surface area contributed by atoms with Crippen LogP contribution < -0.4 is 5.32 Å². The Kier molecular flexibility index (Phi) is 11.4.